The van der Waals surface area contributed by atoms with Crippen LogP contribution >= 0.6 is 0 Å². The summed E-state index contributed by atoms with van der Waals surface area (Å²) in [5.41, 5.74) is 2.77. The molecule has 0 aliphatic carbocycles. The number of anilines is 1. The Hall–Kier alpha value is -3.02. The van der Waals surface area contributed by atoms with Crippen molar-refractivity contribution in [1.82, 2.24) is 14.3 Å². The minimum atomic E-state index is 0.132. The Morgan fingerprint density at radius 2 is 1.85 bits per heavy atom. The molecule has 1 saturated heterocycles. The first-order valence-electron chi connectivity index (χ1n) is 8.83. The first kappa shape index (κ1) is 16.4. The molecule has 0 N–H and O–H groups in total. The van der Waals surface area contributed by atoms with Crippen LogP contribution in [-0.4, -0.2) is 53.5 Å². The van der Waals surface area contributed by atoms with Gasteiger partial charge >= 0.3 is 0 Å². The fraction of sp³-hybridized carbons (Fsp3) is 0.300. The predicted molar refractivity (Wildman–Crippen MR) is 101 cm³/mol. The van der Waals surface area contributed by atoms with E-state index >= 15 is 0 Å². The second-order valence-corrected chi connectivity index (χ2v) is 6.41. The number of carbonyl (C=O) groups is 1. The van der Waals surface area contributed by atoms with E-state index in [0.29, 0.717) is 19.5 Å². The average molecular weight is 350 g/mol. The molecule has 1 fully saturated rings. The Balaban J connectivity index is 1.39. The number of aromatic nitrogens is 2. The Kier molecular flexibility index (Phi) is 4.48. The molecule has 6 nitrogen and oxygen atoms in total. The summed E-state index contributed by atoms with van der Waals surface area (Å²) in [5, 5.41) is 0. The second-order valence-electron chi connectivity index (χ2n) is 6.41. The van der Waals surface area contributed by atoms with E-state index in [2.05, 4.69) is 16.0 Å². The molecule has 0 saturated carbocycles. The van der Waals surface area contributed by atoms with Crippen molar-refractivity contribution in [1.29, 1.82) is 0 Å². The molecule has 1 amide bonds. The number of benzene rings is 1. The van der Waals surface area contributed by atoms with E-state index in [4.69, 9.17) is 4.74 Å². The summed E-state index contributed by atoms with van der Waals surface area (Å²) in [6, 6.07) is 13.9. The fourth-order valence-corrected chi connectivity index (χ4v) is 3.43. The standard InChI is InChI=1S/C20H22N4O2/c1-26-18-7-3-2-6-17(18)22-10-12-23(13-11-22)20(25)14-16-15-24-9-5-4-8-19(24)21-16/h2-9,15H,10-14H2,1H3. The van der Waals surface area contributed by atoms with Crippen molar-refractivity contribution in [3.8, 4) is 5.75 Å². The van der Waals surface area contributed by atoms with Gasteiger partial charge in [-0.1, -0.05) is 18.2 Å². The summed E-state index contributed by atoms with van der Waals surface area (Å²) in [4.78, 5) is 21.4. The molecule has 26 heavy (non-hydrogen) atoms. The number of methoxy groups -OCH3 is 1. The van der Waals surface area contributed by atoms with E-state index in [1.165, 1.54) is 0 Å². The summed E-state index contributed by atoms with van der Waals surface area (Å²) < 4.78 is 7.39. The Morgan fingerprint density at radius 1 is 1.08 bits per heavy atom. The van der Waals surface area contributed by atoms with Gasteiger partial charge in [0.25, 0.3) is 0 Å². The predicted octanol–water partition coefficient (Wildman–Crippen LogP) is 2.23. The molecule has 4 rings (SSSR count). The van der Waals surface area contributed by atoms with Gasteiger partial charge in [0, 0.05) is 38.6 Å². The number of piperazine rings is 1. The SMILES string of the molecule is COc1ccccc1N1CCN(C(=O)Cc2cn3ccccc3n2)CC1. The highest BCUT2D eigenvalue weighted by Gasteiger charge is 2.23. The van der Waals surface area contributed by atoms with E-state index < -0.39 is 0 Å². The molecule has 134 valence electrons. The Morgan fingerprint density at radius 3 is 2.62 bits per heavy atom. The number of hydrogen-bond donors (Lipinski definition) is 0. The van der Waals surface area contributed by atoms with E-state index in [1.807, 2.05) is 58.1 Å². The van der Waals surface area contributed by atoms with Gasteiger partial charge in [0.05, 0.1) is 24.9 Å². The lowest BCUT2D eigenvalue weighted by Gasteiger charge is -2.36. The summed E-state index contributed by atoms with van der Waals surface area (Å²) >= 11 is 0. The fourth-order valence-electron chi connectivity index (χ4n) is 3.43. The van der Waals surface area contributed by atoms with Gasteiger partial charge in [-0.15, -0.1) is 0 Å². The number of ether oxygens (including phenoxy) is 1. The van der Waals surface area contributed by atoms with Crippen LogP contribution in [0.25, 0.3) is 5.65 Å². The lowest BCUT2D eigenvalue weighted by molar-refractivity contribution is -0.130. The molecule has 0 atom stereocenters. The summed E-state index contributed by atoms with van der Waals surface area (Å²) in [6.07, 6.45) is 4.22. The maximum atomic E-state index is 12.6. The number of nitrogens with zero attached hydrogens (tertiary/aromatic N) is 4. The van der Waals surface area contributed by atoms with Crippen LogP contribution in [0.15, 0.2) is 54.9 Å². The van der Waals surface area contributed by atoms with E-state index in [0.717, 1.165) is 35.9 Å². The first-order valence-corrected chi connectivity index (χ1v) is 8.83. The van der Waals surface area contributed by atoms with E-state index in [-0.39, 0.29) is 5.91 Å². The lowest BCUT2D eigenvalue weighted by atomic mass is 10.2. The number of imidazole rings is 1. The zero-order valence-electron chi connectivity index (χ0n) is 14.8. The maximum Gasteiger partial charge on any atom is 0.228 e. The number of carbonyl (C=O) groups excluding carboxylic acids is 1. The number of hydrogen-bond acceptors (Lipinski definition) is 4. The number of amides is 1. The largest absolute Gasteiger partial charge is 0.495 e. The zero-order chi connectivity index (χ0) is 17.9. The molecule has 2 aromatic heterocycles. The van der Waals surface area contributed by atoms with Crippen molar-refractivity contribution in [2.24, 2.45) is 0 Å². The van der Waals surface area contributed by atoms with Crippen LogP contribution < -0.4 is 9.64 Å². The maximum absolute atomic E-state index is 12.6. The number of para-hydroxylation sites is 2. The van der Waals surface area contributed by atoms with Crippen LogP contribution in [-0.2, 0) is 11.2 Å². The zero-order valence-corrected chi connectivity index (χ0v) is 14.8. The normalized spacial score (nSPS) is 14.7. The molecule has 0 radical (unpaired) electrons. The topological polar surface area (TPSA) is 50.1 Å². The van der Waals surface area contributed by atoms with Gasteiger partial charge in [-0.25, -0.2) is 4.98 Å². The quantitative estimate of drug-likeness (QED) is 0.724. The van der Waals surface area contributed by atoms with E-state index in [9.17, 15) is 4.79 Å². The molecule has 1 aliphatic heterocycles. The monoisotopic (exact) mass is 350 g/mol. The molecule has 3 aromatic rings. The number of pyridine rings is 1. The summed E-state index contributed by atoms with van der Waals surface area (Å²) in [5.74, 6) is 1.00. The van der Waals surface area contributed by atoms with Crippen molar-refractivity contribution in [2.45, 2.75) is 6.42 Å². The van der Waals surface area contributed by atoms with Crippen molar-refractivity contribution < 1.29 is 9.53 Å². The Bertz CT molecular complexity index is 880. The van der Waals surface area contributed by atoms with Gasteiger partial charge in [0.1, 0.15) is 11.4 Å². The molecule has 3 heterocycles. The van der Waals surface area contributed by atoms with Gasteiger partial charge < -0.3 is 18.9 Å². The highest BCUT2D eigenvalue weighted by atomic mass is 16.5. The Labute approximate surface area is 152 Å². The van der Waals surface area contributed by atoms with Gasteiger partial charge in [-0.2, -0.15) is 0 Å². The first-order chi connectivity index (χ1) is 12.7. The third-order valence-electron chi connectivity index (χ3n) is 4.80. The lowest BCUT2D eigenvalue weighted by Crippen LogP contribution is -2.49. The van der Waals surface area contributed by atoms with Gasteiger partial charge in [-0.3, -0.25) is 4.79 Å². The van der Waals surface area contributed by atoms with Gasteiger partial charge in [-0.05, 0) is 24.3 Å². The van der Waals surface area contributed by atoms with Crippen LogP contribution in [0.3, 0.4) is 0 Å². The molecule has 1 aromatic carbocycles. The summed E-state index contributed by atoms with van der Waals surface area (Å²) in [7, 11) is 1.69. The minimum Gasteiger partial charge on any atom is -0.495 e. The highest BCUT2D eigenvalue weighted by molar-refractivity contribution is 5.79. The van der Waals surface area contributed by atoms with Crippen molar-refractivity contribution in [2.75, 3.05) is 38.2 Å². The van der Waals surface area contributed by atoms with Crippen LogP contribution in [0.1, 0.15) is 5.69 Å². The molecular formula is C20H22N4O2. The third-order valence-corrected chi connectivity index (χ3v) is 4.80. The third kappa shape index (κ3) is 3.22. The molecule has 0 unspecified atom stereocenters. The molecule has 1 aliphatic rings. The van der Waals surface area contributed by atoms with Crippen molar-refractivity contribution >= 4 is 17.2 Å². The van der Waals surface area contributed by atoms with Crippen molar-refractivity contribution in [3.63, 3.8) is 0 Å². The molecular weight excluding hydrogens is 328 g/mol. The number of rotatable bonds is 4. The molecule has 0 spiro atoms. The van der Waals surface area contributed by atoms with Crippen molar-refractivity contribution in [3.05, 3.63) is 60.6 Å². The summed E-state index contributed by atoms with van der Waals surface area (Å²) in [6.45, 7) is 3.03. The molecule has 0 bridgehead atoms. The van der Waals surface area contributed by atoms with Gasteiger partial charge in [0.2, 0.25) is 5.91 Å². The smallest absolute Gasteiger partial charge is 0.228 e. The highest BCUT2D eigenvalue weighted by Crippen LogP contribution is 2.28. The van der Waals surface area contributed by atoms with Crippen LogP contribution in [0.2, 0.25) is 0 Å². The van der Waals surface area contributed by atoms with Crippen LogP contribution in [0.4, 0.5) is 5.69 Å². The molecule has 6 heteroatoms. The van der Waals surface area contributed by atoms with Crippen LogP contribution in [0.5, 0.6) is 5.75 Å². The van der Waals surface area contributed by atoms with E-state index in [1.54, 1.807) is 7.11 Å². The second kappa shape index (κ2) is 7.07. The number of fused-ring (bicyclic) bond motifs is 1. The van der Waals surface area contributed by atoms with Gasteiger partial charge in [0.15, 0.2) is 0 Å². The van der Waals surface area contributed by atoms with Crippen LogP contribution in [0, 0.1) is 0 Å². The minimum absolute atomic E-state index is 0.132. The average Bonchev–Trinajstić information content (AvgIpc) is 3.10.